The van der Waals surface area contributed by atoms with Crippen LogP contribution in [0.3, 0.4) is 0 Å². The lowest BCUT2D eigenvalue weighted by Gasteiger charge is -2.28. The van der Waals surface area contributed by atoms with Gasteiger partial charge in [0.1, 0.15) is 5.75 Å². The number of hydrogen-bond donors (Lipinski definition) is 0. The quantitative estimate of drug-likeness (QED) is 0.273. The van der Waals surface area contributed by atoms with Gasteiger partial charge in [0.15, 0.2) is 0 Å². The van der Waals surface area contributed by atoms with Gasteiger partial charge in [-0.2, -0.15) is 5.26 Å². The first kappa shape index (κ1) is 22.2. The Morgan fingerprint density at radius 1 is 0.914 bits per heavy atom. The van der Waals surface area contributed by atoms with Crippen LogP contribution in [0, 0.1) is 11.3 Å². The van der Waals surface area contributed by atoms with E-state index in [2.05, 4.69) is 6.07 Å². The maximum atomic E-state index is 13.8. The van der Waals surface area contributed by atoms with Gasteiger partial charge in [-0.25, -0.2) is 4.90 Å². The normalized spacial score (nSPS) is 14.3. The first-order chi connectivity index (χ1) is 17.1. The fourth-order valence-electron chi connectivity index (χ4n) is 4.49. The molecule has 1 aromatic heterocycles. The molecule has 0 spiro atoms. The van der Waals surface area contributed by atoms with Gasteiger partial charge in [-0.3, -0.25) is 9.59 Å². The number of para-hydroxylation sites is 1. The minimum atomic E-state index is -0.383. The second-order valence-electron chi connectivity index (χ2n) is 8.18. The number of rotatable bonds is 6. The highest BCUT2D eigenvalue weighted by Gasteiger charge is 2.35. The molecule has 2 amide bonds. The Morgan fingerprint density at radius 2 is 1.63 bits per heavy atom. The molecular weight excluding hydrogens is 438 g/mol. The number of fused-ring (bicyclic) bond motifs is 2. The molecule has 0 N–H and O–H groups in total. The van der Waals surface area contributed by atoms with E-state index >= 15 is 0 Å². The Labute approximate surface area is 203 Å². The van der Waals surface area contributed by atoms with E-state index in [0.29, 0.717) is 47.7 Å². The van der Waals surface area contributed by atoms with Crippen LogP contribution in [0.4, 0.5) is 5.69 Å². The van der Waals surface area contributed by atoms with E-state index in [1.807, 2.05) is 54.1 Å². The van der Waals surface area contributed by atoms with E-state index in [1.165, 1.54) is 4.90 Å². The molecule has 0 atom stereocenters. The predicted octanol–water partition coefficient (Wildman–Crippen LogP) is 5.68. The maximum absolute atomic E-state index is 13.8. The van der Waals surface area contributed by atoms with Crippen LogP contribution in [0.2, 0.25) is 0 Å². The third kappa shape index (κ3) is 3.98. The van der Waals surface area contributed by atoms with E-state index in [-0.39, 0.29) is 11.8 Å². The fraction of sp³-hybridized carbons (Fsp3) is 0.138. The summed E-state index contributed by atoms with van der Waals surface area (Å²) in [6.07, 6.45) is 4.19. The highest BCUT2D eigenvalue weighted by atomic mass is 16.5. The molecule has 5 rings (SSSR count). The van der Waals surface area contributed by atoms with Crippen molar-refractivity contribution in [3.63, 3.8) is 0 Å². The van der Waals surface area contributed by atoms with Crippen LogP contribution in [0.15, 0.2) is 79.0 Å². The molecule has 6 nitrogen and oxygen atoms in total. The number of amides is 2. The van der Waals surface area contributed by atoms with Gasteiger partial charge >= 0.3 is 0 Å². The molecule has 2 heterocycles. The van der Waals surface area contributed by atoms with Crippen molar-refractivity contribution < 1.29 is 14.3 Å². The van der Waals surface area contributed by atoms with Gasteiger partial charge in [-0.05, 0) is 55.0 Å². The smallest absolute Gasteiger partial charge is 0.265 e. The van der Waals surface area contributed by atoms with Gasteiger partial charge in [0.2, 0.25) is 0 Å². The number of anilines is 1. The number of benzene rings is 3. The third-order valence-corrected chi connectivity index (χ3v) is 6.07. The van der Waals surface area contributed by atoms with Crippen molar-refractivity contribution in [2.24, 2.45) is 0 Å². The average molecular weight is 462 g/mol. The van der Waals surface area contributed by atoms with Crippen LogP contribution < -0.4 is 9.64 Å². The second-order valence-corrected chi connectivity index (χ2v) is 8.18. The molecule has 35 heavy (non-hydrogen) atoms. The molecule has 0 aliphatic carbocycles. The van der Waals surface area contributed by atoms with Gasteiger partial charge in [0.25, 0.3) is 11.8 Å². The Bertz CT molecular complexity index is 1510. The molecule has 1 aliphatic heterocycles. The van der Waals surface area contributed by atoms with E-state index in [1.54, 1.807) is 42.5 Å². The average Bonchev–Trinajstić information content (AvgIpc) is 3.24. The van der Waals surface area contributed by atoms with Gasteiger partial charge in [-0.15, -0.1) is 0 Å². The monoisotopic (exact) mass is 461 g/mol. The number of aromatic nitrogens is 1. The van der Waals surface area contributed by atoms with Crippen molar-refractivity contribution in [1.82, 2.24) is 4.57 Å². The largest absolute Gasteiger partial charge is 0.494 e. The number of carbonyl (C=O) groups is 2. The lowest BCUT2D eigenvalue weighted by atomic mass is 9.91. The van der Waals surface area contributed by atoms with Crippen LogP contribution >= 0.6 is 0 Å². The van der Waals surface area contributed by atoms with Crippen molar-refractivity contribution in [2.75, 3.05) is 11.5 Å². The SMILES string of the molecule is CCOc1ccc(N2C(=O)C(=Cc3cn(CCC#N)c4ccccc34)c3ccccc3C2=O)cc1. The lowest BCUT2D eigenvalue weighted by Crippen LogP contribution is -2.41. The molecule has 3 aromatic carbocycles. The number of carbonyl (C=O) groups excluding carboxylic acids is 2. The van der Waals surface area contributed by atoms with Crippen LogP contribution in [-0.4, -0.2) is 23.0 Å². The van der Waals surface area contributed by atoms with Gasteiger partial charge in [-0.1, -0.05) is 36.4 Å². The van der Waals surface area contributed by atoms with Crippen molar-refractivity contribution in [2.45, 2.75) is 19.9 Å². The summed E-state index contributed by atoms with van der Waals surface area (Å²) in [6.45, 7) is 2.99. The summed E-state index contributed by atoms with van der Waals surface area (Å²) in [6, 6.07) is 24.2. The van der Waals surface area contributed by atoms with Crippen LogP contribution in [0.1, 0.15) is 34.8 Å². The summed E-state index contributed by atoms with van der Waals surface area (Å²) >= 11 is 0. The maximum Gasteiger partial charge on any atom is 0.265 e. The summed E-state index contributed by atoms with van der Waals surface area (Å²) < 4.78 is 7.53. The molecule has 0 radical (unpaired) electrons. The predicted molar refractivity (Wildman–Crippen MR) is 136 cm³/mol. The molecule has 0 unspecified atom stereocenters. The molecule has 0 bridgehead atoms. The first-order valence-electron chi connectivity index (χ1n) is 11.5. The third-order valence-electron chi connectivity index (χ3n) is 6.07. The molecule has 4 aromatic rings. The van der Waals surface area contributed by atoms with Crippen LogP contribution in [-0.2, 0) is 11.3 Å². The highest BCUT2D eigenvalue weighted by molar-refractivity contribution is 6.43. The Kier molecular flexibility index (Phi) is 5.90. The lowest BCUT2D eigenvalue weighted by molar-refractivity contribution is -0.112. The standard InChI is InChI=1S/C29H23N3O3/c1-2-35-22-14-12-21(13-15-22)32-28(33)25-10-4-3-9-24(25)26(29(32)34)18-20-19-31(17-7-16-30)27-11-6-5-8-23(20)27/h3-6,8-15,18-19H,2,7,17H2,1H3. The zero-order valence-corrected chi connectivity index (χ0v) is 19.3. The Morgan fingerprint density at radius 3 is 2.37 bits per heavy atom. The summed E-state index contributed by atoms with van der Waals surface area (Å²) in [4.78, 5) is 28.4. The van der Waals surface area contributed by atoms with E-state index in [9.17, 15) is 9.59 Å². The van der Waals surface area contributed by atoms with Crippen molar-refractivity contribution in [1.29, 1.82) is 5.26 Å². The fourth-order valence-corrected chi connectivity index (χ4v) is 4.49. The van der Waals surface area contributed by atoms with Crippen molar-refractivity contribution in [3.8, 4) is 11.8 Å². The number of nitrogens with zero attached hydrogens (tertiary/aromatic N) is 3. The molecule has 1 aliphatic rings. The molecule has 172 valence electrons. The zero-order chi connectivity index (χ0) is 24.4. The Hall–Kier alpha value is -4.63. The minimum absolute atomic E-state index is 0.358. The molecule has 0 saturated carbocycles. The Balaban J connectivity index is 1.65. The zero-order valence-electron chi connectivity index (χ0n) is 19.3. The highest BCUT2D eigenvalue weighted by Crippen LogP contribution is 2.35. The van der Waals surface area contributed by atoms with E-state index < -0.39 is 0 Å². The molecule has 0 saturated heterocycles. The number of imide groups is 1. The minimum Gasteiger partial charge on any atom is -0.494 e. The summed E-state index contributed by atoms with van der Waals surface area (Å²) in [7, 11) is 0. The molecule has 0 fully saturated rings. The van der Waals surface area contributed by atoms with Crippen molar-refractivity contribution in [3.05, 3.63) is 95.7 Å². The van der Waals surface area contributed by atoms with Gasteiger partial charge < -0.3 is 9.30 Å². The van der Waals surface area contributed by atoms with E-state index in [4.69, 9.17) is 10.00 Å². The number of aryl methyl sites for hydroxylation is 1. The molecular formula is C29H23N3O3. The number of nitriles is 1. The topological polar surface area (TPSA) is 75.3 Å². The summed E-state index contributed by atoms with van der Waals surface area (Å²) in [5.74, 6) is -0.0652. The van der Waals surface area contributed by atoms with Crippen LogP contribution in [0.5, 0.6) is 5.75 Å². The van der Waals surface area contributed by atoms with Gasteiger partial charge in [0.05, 0.1) is 24.8 Å². The van der Waals surface area contributed by atoms with E-state index in [0.717, 1.165) is 16.5 Å². The summed E-state index contributed by atoms with van der Waals surface area (Å²) in [5, 5.41) is 10.0. The second kappa shape index (κ2) is 9.32. The first-order valence-corrected chi connectivity index (χ1v) is 11.5. The number of ether oxygens (including phenoxy) is 1. The number of hydrogen-bond acceptors (Lipinski definition) is 4. The van der Waals surface area contributed by atoms with Crippen molar-refractivity contribution >= 4 is 40.1 Å². The van der Waals surface area contributed by atoms with Crippen LogP contribution in [0.25, 0.3) is 22.6 Å². The molecule has 6 heteroatoms. The summed E-state index contributed by atoms with van der Waals surface area (Å²) in [5.41, 5.74) is 3.86. The van der Waals surface area contributed by atoms with Gasteiger partial charge in [0, 0.05) is 40.3 Å².